The van der Waals surface area contributed by atoms with Crippen LogP contribution in [0.5, 0.6) is 0 Å². The molecule has 0 fully saturated rings. The summed E-state index contributed by atoms with van der Waals surface area (Å²) in [7, 11) is 0. The van der Waals surface area contributed by atoms with Gasteiger partial charge in [-0.15, -0.1) is 0 Å². The van der Waals surface area contributed by atoms with E-state index in [1.54, 1.807) is 47.6 Å². The number of amides is 1. The van der Waals surface area contributed by atoms with Crippen LogP contribution < -0.4 is 4.90 Å². The zero-order chi connectivity index (χ0) is 18.8. The summed E-state index contributed by atoms with van der Waals surface area (Å²) in [5, 5.41) is 10.1. The van der Waals surface area contributed by atoms with Crippen molar-refractivity contribution in [3.05, 3.63) is 82.8 Å². The van der Waals surface area contributed by atoms with Gasteiger partial charge in [-0.3, -0.25) is 9.69 Å². The molecular formula is C20H12ClN3O2S. The number of aromatic nitrogens is 1. The molecule has 0 spiro atoms. The van der Waals surface area contributed by atoms with Crippen LogP contribution in [0.1, 0.15) is 21.7 Å². The molecule has 2 heterocycles. The van der Waals surface area contributed by atoms with E-state index in [1.165, 1.54) is 11.3 Å². The first-order valence-corrected chi connectivity index (χ1v) is 9.24. The molecule has 0 aliphatic carbocycles. The van der Waals surface area contributed by atoms with Crippen molar-refractivity contribution in [1.29, 1.82) is 5.26 Å². The molecular weight excluding hydrogens is 382 g/mol. The molecule has 2 aromatic carbocycles. The minimum atomic E-state index is -0.221. The Morgan fingerprint density at radius 3 is 2.74 bits per heavy atom. The van der Waals surface area contributed by atoms with Crippen molar-refractivity contribution >= 4 is 44.2 Å². The molecule has 4 aromatic rings. The Kier molecular flexibility index (Phi) is 4.63. The van der Waals surface area contributed by atoms with Crippen molar-refractivity contribution in [3.8, 4) is 6.07 Å². The number of hydrogen-bond acceptors (Lipinski definition) is 5. The maximum atomic E-state index is 13.2. The number of halogens is 1. The molecule has 0 atom stereocenters. The number of carbonyl (C=O) groups excluding carboxylic acids is 1. The van der Waals surface area contributed by atoms with Gasteiger partial charge in [0.2, 0.25) is 0 Å². The number of thiazole rings is 1. The summed E-state index contributed by atoms with van der Waals surface area (Å²) >= 11 is 7.45. The average Bonchev–Trinajstić information content (AvgIpc) is 3.34. The van der Waals surface area contributed by atoms with Crippen molar-refractivity contribution in [1.82, 2.24) is 4.98 Å². The molecule has 0 saturated carbocycles. The second-order valence-corrected chi connectivity index (χ2v) is 7.21. The lowest BCUT2D eigenvalue weighted by Crippen LogP contribution is -2.30. The van der Waals surface area contributed by atoms with Gasteiger partial charge >= 0.3 is 0 Å². The van der Waals surface area contributed by atoms with Crippen LogP contribution in [0, 0.1) is 11.3 Å². The number of hydrogen-bond donors (Lipinski definition) is 0. The molecule has 2 aromatic heterocycles. The predicted molar refractivity (Wildman–Crippen MR) is 105 cm³/mol. The van der Waals surface area contributed by atoms with Gasteiger partial charge in [-0.25, -0.2) is 4.98 Å². The Morgan fingerprint density at radius 2 is 2.04 bits per heavy atom. The SMILES string of the molecule is N#Cc1ccc(C(=O)N(Cc2ccco2)c2nc3ccc(Cl)cc3s2)cc1. The summed E-state index contributed by atoms with van der Waals surface area (Å²) in [4.78, 5) is 19.3. The maximum absolute atomic E-state index is 13.2. The molecule has 0 unspecified atom stereocenters. The summed E-state index contributed by atoms with van der Waals surface area (Å²) in [6, 6.07) is 17.6. The van der Waals surface area contributed by atoms with Crippen LogP contribution in [0.3, 0.4) is 0 Å². The van der Waals surface area contributed by atoms with E-state index in [0.29, 0.717) is 27.0 Å². The molecule has 7 heteroatoms. The van der Waals surface area contributed by atoms with Crippen LogP contribution in [0.4, 0.5) is 5.13 Å². The molecule has 0 N–H and O–H groups in total. The zero-order valence-corrected chi connectivity index (χ0v) is 15.5. The molecule has 0 aliphatic rings. The molecule has 4 rings (SSSR count). The number of rotatable bonds is 4. The molecule has 0 bridgehead atoms. The topological polar surface area (TPSA) is 70.1 Å². The molecule has 0 saturated heterocycles. The number of fused-ring (bicyclic) bond motifs is 1. The second-order valence-electron chi connectivity index (χ2n) is 5.77. The van der Waals surface area contributed by atoms with E-state index < -0.39 is 0 Å². The third-order valence-electron chi connectivity index (χ3n) is 3.97. The maximum Gasteiger partial charge on any atom is 0.260 e. The van der Waals surface area contributed by atoms with Crippen LogP contribution in [0.15, 0.2) is 65.3 Å². The Morgan fingerprint density at radius 1 is 1.22 bits per heavy atom. The van der Waals surface area contributed by atoms with Crippen molar-refractivity contribution in [3.63, 3.8) is 0 Å². The Hall–Kier alpha value is -3.14. The first kappa shape index (κ1) is 17.3. The van der Waals surface area contributed by atoms with Crippen LogP contribution in [-0.4, -0.2) is 10.9 Å². The van der Waals surface area contributed by atoms with Gasteiger partial charge < -0.3 is 4.42 Å². The Bertz CT molecular complexity index is 1140. The lowest BCUT2D eigenvalue weighted by atomic mass is 10.1. The fourth-order valence-corrected chi connectivity index (χ4v) is 3.87. The highest BCUT2D eigenvalue weighted by molar-refractivity contribution is 7.22. The summed E-state index contributed by atoms with van der Waals surface area (Å²) in [6.45, 7) is 0.249. The van der Waals surface area contributed by atoms with Gasteiger partial charge in [0.25, 0.3) is 5.91 Å². The number of nitrogens with zero attached hydrogens (tertiary/aromatic N) is 3. The first-order valence-electron chi connectivity index (χ1n) is 8.04. The Labute approximate surface area is 164 Å². The lowest BCUT2D eigenvalue weighted by molar-refractivity contribution is 0.0983. The van der Waals surface area contributed by atoms with Gasteiger partial charge in [-0.2, -0.15) is 5.26 Å². The standard InChI is InChI=1S/C20H12ClN3O2S/c21-15-7-8-17-18(10-15)27-20(23-17)24(12-16-2-1-9-26-16)19(25)14-5-3-13(11-22)4-6-14/h1-10H,12H2. The van der Waals surface area contributed by atoms with Gasteiger partial charge in [0.1, 0.15) is 5.76 Å². The number of anilines is 1. The third-order valence-corrected chi connectivity index (χ3v) is 5.25. The van der Waals surface area contributed by atoms with E-state index >= 15 is 0 Å². The summed E-state index contributed by atoms with van der Waals surface area (Å²) in [5.41, 5.74) is 1.74. The Balaban J connectivity index is 1.75. The molecule has 1 amide bonds. The fourth-order valence-electron chi connectivity index (χ4n) is 2.63. The minimum absolute atomic E-state index is 0.221. The number of furan rings is 1. The van der Waals surface area contributed by atoms with Crippen LogP contribution in [-0.2, 0) is 6.54 Å². The van der Waals surface area contributed by atoms with E-state index in [2.05, 4.69) is 11.1 Å². The van der Waals surface area contributed by atoms with Crippen molar-refractivity contribution in [2.45, 2.75) is 6.54 Å². The van der Waals surface area contributed by atoms with E-state index in [-0.39, 0.29) is 12.5 Å². The summed E-state index contributed by atoms with van der Waals surface area (Å²) in [5.74, 6) is 0.426. The zero-order valence-electron chi connectivity index (χ0n) is 13.9. The third kappa shape index (κ3) is 3.56. The minimum Gasteiger partial charge on any atom is -0.467 e. The van der Waals surface area contributed by atoms with Crippen LogP contribution in [0.25, 0.3) is 10.2 Å². The quantitative estimate of drug-likeness (QED) is 0.474. The highest BCUT2D eigenvalue weighted by Crippen LogP contribution is 2.32. The molecule has 132 valence electrons. The summed E-state index contributed by atoms with van der Waals surface area (Å²) < 4.78 is 6.32. The molecule has 5 nitrogen and oxygen atoms in total. The van der Waals surface area contributed by atoms with Crippen molar-refractivity contribution in [2.24, 2.45) is 0 Å². The van der Waals surface area contributed by atoms with Gasteiger partial charge in [0.05, 0.1) is 34.7 Å². The van der Waals surface area contributed by atoms with Crippen molar-refractivity contribution < 1.29 is 9.21 Å². The van der Waals surface area contributed by atoms with E-state index in [1.807, 2.05) is 18.2 Å². The largest absolute Gasteiger partial charge is 0.467 e. The van der Waals surface area contributed by atoms with Crippen LogP contribution in [0.2, 0.25) is 5.02 Å². The smallest absolute Gasteiger partial charge is 0.260 e. The van der Waals surface area contributed by atoms with E-state index in [9.17, 15) is 4.79 Å². The number of nitriles is 1. The number of benzene rings is 2. The summed E-state index contributed by atoms with van der Waals surface area (Å²) in [6.07, 6.45) is 1.57. The van der Waals surface area contributed by atoms with Gasteiger partial charge in [0, 0.05) is 10.6 Å². The highest BCUT2D eigenvalue weighted by atomic mass is 35.5. The molecule has 0 radical (unpaired) electrons. The second kappa shape index (κ2) is 7.23. The molecule has 27 heavy (non-hydrogen) atoms. The highest BCUT2D eigenvalue weighted by Gasteiger charge is 2.22. The first-order chi connectivity index (χ1) is 13.1. The fraction of sp³-hybridized carbons (Fsp3) is 0.0500. The van der Waals surface area contributed by atoms with E-state index in [0.717, 1.165) is 10.2 Å². The molecule has 0 aliphatic heterocycles. The van der Waals surface area contributed by atoms with Gasteiger partial charge in [-0.05, 0) is 54.6 Å². The van der Waals surface area contributed by atoms with Gasteiger partial charge in [-0.1, -0.05) is 22.9 Å². The van der Waals surface area contributed by atoms with Gasteiger partial charge in [0.15, 0.2) is 5.13 Å². The number of carbonyl (C=O) groups is 1. The van der Waals surface area contributed by atoms with Crippen LogP contribution >= 0.6 is 22.9 Å². The average molecular weight is 394 g/mol. The van der Waals surface area contributed by atoms with Crippen molar-refractivity contribution in [2.75, 3.05) is 4.90 Å². The predicted octanol–water partition coefficient (Wildman–Crippen LogP) is 5.26. The normalized spacial score (nSPS) is 10.7. The van der Waals surface area contributed by atoms with E-state index in [4.69, 9.17) is 21.3 Å². The monoisotopic (exact) mass is 393 g/mol. The lowest BCUT2D eigenvalue weighted by Gasteiger charge is -2.18.